The van der Waals surface area contributed by atoms with E-state index in [2.05, 4.69) is 19.0 Å². The summed E-state index contributed by atoms with van der Waals surface area (Å²) >= 11 is 0. The van der Waals surface area contributed by atoms with Gasteiger partial charge in [-0.2, -0.15) is 0 Å². The number of nitrogens with zero attached hydrogens (tertiary/aromatic N) is 1. The number of fused-ring (bicyclic) bond motifs is 2. The predicted octanol–water partition coefficient (Wildman–Crippen LogP) is 2.83. The third-order valence-electron chi connectivity index (χ3n) is 4.59. The van der Waals surface area contributed by atoms with Gasteiger partial charge in [0.25, 0.3) is 0 Å². The van der Waals surface area contributed by atoms with E-state index < -0.39 is 0 Å². The Hall–Kier alpha value is -0.570. The molecular weight excluding hydrogens is 214 g/mol. The molecule has 3 heteroatoms. The standard InChI is InChI=1S/C14H25NO2/c1-10-4-12-5-11(2)7-14(6-10,8-12)13(9-16)15-17-3/h10-12,16H,4-9H2,1-3H3/b15-13+. The molecule has 3 nitrogen and oxygen atoms in total. The number of aliphatic hydroxyl groups is 1. The van der Waals surface area contributed by atoms with Gasteiger partial charge in [0.1, 0.15) is 7.11 Å². The van der Waals surface area contributed by atoms with Gasteiger partial charge in [-0.05, 0) is 49.9 Å². The summed E-state index contributed by atoms with van der Waals surface area (Å²) in [6.45, 7) is 4.71. The molecule has 0 aromatic carbocycles. The average molecular weight is 239 g/mol. The second kappa shape index (κ2) is 4.97. The van der Waals surface area contributed by atoms with Crippen LogP contribution in [0.3, 0.4) is 0 Å². The highest BCUT2D eigenvalue weighted by Gasteiger charge is 2.47. The van der Waals surface area contributed by atoms with Gasteiger partial charge in [-0.25, -0.2) is 0 Å². The first-order valence-corrected chi connectivity index (χ1v) is 6.81. The van der Waals surface area contributed by atoms with Gasteiger partial charge in [-0.15, -0.1) is 0 Å². The molecule has 0 radical (unpaired) electrons. The number of hydrogen-bond acceptors (Lipinski definition) is 3. The minimum absolute atomic E-state index is 0.0417. The first kappa shape index (κ1) is 12.9. The zero-order chi connectivity index (χ0) is 12.5. The van der Waals surface area contributed by atoms with E-state index in [-0.39, 0.29) is 12.0 Å². The zero-order valence-corrected chi connectivity index (χ0v) is 11.3. The van der Waals surface area contributed by atoms with Crippen LogP contribution in [0.4, 0.5) is 0 Å². The fraction of sp³-hybridized carbons (Fsp3) is 0.929. The van der Waals surface area contributed by atoms with Crippen molar-refractivity contribution >= 4 is 5.71 Å². The molecule has 1 N–H and O–H groups in total. The Labute approximate surface area is 104 Å². The van der Waals surface area contributed by atoms with Crippen molar-refractivity contribution in [3.8, 4) is 0 Å². The van der Waals surface area contributed by atoms with Crippen LogP contribution in [0.1, 0.15) is 46.0 Å². The van der Waals surface area contributed by atoms with Gasteiger partial charge in [0.15, 0.2) is 0 Å². The summed E-state index contributed by atoms with van der Waals surface area (Å²) in [5.74, 6) is 2.31. The molecule has 98 valence electrons. The molecule has 0 amide bonds. The summed E-state index contributed by atoms with van der Waals surface area (Å²) in [5, 5.41) is 13.7. The molecular formula is C14H25NO2. The number of rotatable bonds is 3. The molecule has 2 rings (SSSR count). The van der Waals surface area contributed by atoms with E-state index >= 15 is 0 Å². The van der Waals surface area contributed by atoms with E-state index in [1.807, 2.05) is 0 Å². The minimum atomic E-state index is 0.0417. The van der Waals surface area contributed by atoms with Crippen molar-refractivity contribution in [3.05, 3.63) is 0 Å². The highest BCUT2D eigenvalue weighted by atomic mass is 16.6. The fourth-order valence-corrected chi connectivity index (χ4v) is 4.46. The molecule has 0 spiro atoms. The lowest BCUT2D eigenvalue weighted by Crippen LogP contribution is -2.45. The van der Waals surface area contributed by atoms with Crippen molar-refractivity contribution in [2.24, 2.45) is 28.3 Å². The summed E-state index contributed by atoms with van der Waals surface area (Å²) in [7, 11) is 1.57. The van der Waals surface area contributed by atoms with Crippen LogP contribution >= 0.6 is 0 Å². The fourth-order valence-electron chi connectivity index (χ4n) is 4.46. The second-order valence-electron chi connectivity index (χ2n) is 6.32. The Morgan fingerprint density at radius 3 is 2.29 bits per heavy atom. The maximum absolute atomic E-state index is 9.58. The Morgan fingerprint density at radius 2 is 1.82 bits per heavy atom. The molecule has 17 heavy (non-hydrogen) atoms. The first-order chi connectivity index (χ1) is 8.09. The van der Waals surface area contributed by atoms with Gasteiger partial charge >= 0.3 is 0 Å². The highest BCUT2D eigenvalue weighted by molar-refractivity contribution is 5.91. The average Bonchev–Trinajstić information content (AvgIpc) is 2.23. The van der Waals surface area contributed by atoms with Gasteiger partial charge in [-0.1, -0.05) is 19.0 Å². The maximum atomic E-state index is 9.58. The lowest BCUT2D eigenvalue weighted by atomic mass is 9.55. The molecule has 2 bridgehead atoms. The molecule has 2 aliphatic rings. The monoisotopic (exact) mass is 239 g/mol. The molecule has 0 saturated heterocycles. The summed E-state index contributed by atoms with van der Waals surface area (Å²) in [6, 6.07) is 0. The zero-order valence-electron chi connectivity index (χ0n) is 11.3. The molecule has 0 heterocycles. The molecule has 0 aromatic heterocycles. The van der Waals surface area contributed by atoms with E-state index in [9.17, 15) is 5.11 Å². The number of oxime groups is 1. The molecule has 2 saturated carbocycles. The van der Waals surface area contributed by atoms with Gasteiger partial charge in [0.05, 0.1) is 12.3 Å². The summed E-state index contributed by atoms with van der Waals surface area (Å²) in [6.07, 6.45) is 6.22. The summed E-state index contributed by atoms with van der Waals surface area (Å²) in [4.78, 5) is 4.93. The second-order valence-corrected chi connectivity index (χ2v) is 6.32. The van der Waals surface area contributed by atoms with Crippen molar-refractivity contribution in [2.75, 3.05) is 13.7 Å². The van der Waals surface area contributed by atoms with Crippen LogP contribution in [0.2, 0.25) is 0 Å². The number of hydrogen-bond donors (Lipinski definition) is 1. The smallest absolute Gasteiger partial charge is 0.106 e. The van der Waals surface area contributed by atoms with Gasteiger partial charge in [-0.3, -0.25) is 0 Å². The Morgan fingerprint density at radius 1 is 1.24 bits per heavy atom. The third-order valence-corrected chi connectivity index (χ3v) is 4.59. The summed E-state index contributed by atoms with van der Waals surface area (Å²) < 4.78 is 0. The minimum Gasteiger partial charge on any atom is -0.399 e. The summed E-state index contributed by atoms with van der Waals surface area (Å²) in [5.41, 5.74) is 0.994. The van der Waals surface area contributed by atoms with Crippen LogP contribution in [0.15, 0.2) is 5.16 Å². The van der Waals surface area contributed by atoms with Crippen molar-refractivity contribution in [1.29, 1.82) is 0 Å². The van der Waals surface area contributed by atoms with E-state index in [1.54, 1.807) is 7.11 Å². The third kappa shape index (κ3) is 2.49. The van der Waals surface area contributed by atoms with Gasteiger partial charge < -0.3 is 9.94 Å². The Bertz CT molecular complexity index is 281. The van der Waals surface area contributed by atoms with Crippen LogP contribution in [0.5, 0.6) is 0 Å². The molecule has 2 aliphatic carbocycles. The Balaban J connectivity index is 2.27. The lowest BCUT2D eigenvalue weighted by molar-refractivity contribution is 0.0613. The van der Waals surface area contributed by atoms with E-state index in [4.69, 9.17) is 4.84 Å². The number of aliphatic hydroxyl groups excluding tert-OH is 1. The predicted molar refractivity (Wildman–Crippen MR) is 68.9 cm³/mol. The lowest BCUT2D eigenvalue weighted by Gasteiger charge is -2.50. The normalized spacial score (nSPS) is 42.4. The maximum Gasteiger partial charge on any atom is 0.106 e. The van der Waals surface area contributed by atoms with Gasteiger partial charge in [0, 0.05) is 5.41 Å². The van der Waals surface area contributed by atoms with E-state index in [1.165, 1.54) is 19.3 Å². The Kier molecular flexibility index (Phi) is 3.76. The topological polar surface area (TPSA) is 41.8 Å². The van der Waals surface area contributed by atoms with Crippen LogP contribution in [0.25, 0.3) is 0 Å². The van der Waals surface area contributed by atoms with Crippen LogP contribution in [-0.4, -0.2) is 24.5 Å². The van der Waals surface area contributed by atoms with Crippen LogP contribution in [-0.2, 0) is 4.84 Å². The van der Waals surface area contributed by atoms with Crippen LogP contribution < -0.4 is 0 Å². The van der Waals surface area contributed by atoms with Crippen molar-refractivity contribution in [1.82, 2.24) is 0 Å². The largest absolute Gasteiger partial charge is 0.399 e. The quantitative estimate of drug-likeness (QED) is 0.608. The van der Waals surface area contributed by atoms with E-state index in [0.29, 0.717) is 0 Å². The van der Waals surface area contributed by atoms with Crippen LogP contribution in [0, 0.1) is 23.2 Å². The van der Waals surface area contributed by atoms with Gasteiger partial charge in [0.2, 0.25) is 0 Å². The first-order valence-electron chi connectivity index (χ1n) is 6.81. The molecule has 2 unspecified atom stereocenters. The molecule has 2 atom stereocenters. The SMILES string of the molecule is CO/N=C(\CO)C12CC(C)CC(CC(C)C1)C2. The molecule has 0 aliphatic heterocycles. The molecule has 0 aromatic rings. The van der Waals surface area contributed by atoms with Crippen molar-refractivity contribution in [3.63, 3.8) is 0 Å². The van der Waals surface area contributed by atoms with E-state index in [0.717, 1.165) is 36.3 Å². The van der Waals surface area contributed by atoms with Crippen molar-refractivity contribution < 1.29 is 9.94 Å². The van der Waals surface area contributed by atoms with Crippen molar-refractivity contribution in [2.45, 2.75) is 46.0 Å². The molecule has 2 fully saturated rings. The highest BCUT2D eigenvalue weighted by Crippen LogP contribution is 2.53.